The first-order valence-corrected chi connectivity index (χ1v) is 6.06. The van der Waals surface area contributed by atoms with Crippen molar-refractivity contribution in [1.82, 2.24) is 0 Å². The van der Waals surface area contributed by atoms with E-state index in [1.807, 2.05) is 24.3 Å². The van der Waals surface area contributed by atoms with Gasteiger partial charge in [0.1, 0.15) is 5.76 Å². The van der Waals surface area contributed by atoms with Crippen LogP contribution in [0.4, 0.5) is 0 Å². The molecule has 0 aliphatic carbocycles. The number of hydrogen-bond donors (Lipinski definition) is 1. The summed E-state index contributed by atoms with van der Waals surface area (Å²) in [5, 5.41) is 0. The Morgan fingerprint density at radius 2 is 1.88 bits per heavy atom. The Balaban J connectivity index is 1.95. The minimum atomic E-state index is 0.0878. The van der Waals surface area contributed by atoms with E-state index in [9.17, 15) is 0 Å². The fourth-order valence-corrected chi connectivity index (χ4v) is 2.06. The van der Waals surface area contributed by atoms with Gasteiger partial charge in [-0.25, -0.2) is 0 Å². The maximum Gasteiger partial charge on any atom is 0.119 e. The van der Waals surface area contributed by atoms with Gasteiger partial charge in [-0.15, -0.1) is 0 Å². The molecule has 1 atom stereocenters. The van der Waals surface area contributed by atoms with E-state index in [1.165, 1.54) is 5.56 Å². The Morgan fingerprint density at radius 3 is 2.50 bits per heavy atom. The molecule has 0 aliphatic heterocycles. The second-order valence-electron chi connectivity index (χ2n) is 3.85. The zero-order valence-electron chi connectivity index (χ0n) is 8.90. The minimum absolute atomic E-state index is 0.0878. The normalized spacial score (nSPS) is 12.6. The van der Waals surface area contributed by atoms with E-state index < -0.39 is 0 Å². The van der Waals surface area contributed by atoms with Crippen LogP contribution in [0.1, 0.15) is 11.3 Å². The Hall–Kier alpha value is -1.06. The molecule has 1 heterocycles. The van der Waals surface area contributed by atoms with E-state index in [2.05, 4.69) is 28.1 Å². The van der Waals surface area contributed by atoms with Crippen LogP contribution in [-0.4, -0.2) is 6.04 Å². The van der Waals surface area contributed by atoms with Crippen LogP contribution in [0, 0.1) is 0 Å². The summed E-state index contributed by atoms with van der Waals surface area (Å²) >= 11 is 3.43. The largest absolute Gasteiger partial charge is 0.468 e. The summed E-state index contributed by atoms with van der Waals surface area (Å²) in [6, 6.07) is 12.2. The molecule has 0 bridgehead atoms. The van der Waals surface area contributed by atoms with Gasteiger partial charge in [-0.3, -0.25) is 0 Å². The van der Waals surface area contributed by atoms with Crippen LogP contribution in [0.5, 0.6) is 0 Å². The molecule has 84 valence electrons. The van der Waals surface area contributed by atoms with Gasteiger partial charge >= 0.3 is 0 Å². The smallest absolute Gasteiger partial charge is 0.119 e. The predicted molar refractivity (Wildman–Crippen MR) is 68.2 cm³/mol. The highest BCUT2D eigenvalue weighted by atomic mass is 79.9. The molecule has 1 aromatic carbocycles. The van der Waals surface area contributed by atoms with E-state index in [0.717, 1.165) is 23.1 Å². The summed E-state index contributed by atoms with van der Waals surface area (Å²) in [5.74, 6) is 0.920. The summed E-state index contributed by atoms with van der Waals surface area (Å²) in [6.45, 7) is 0. The van der Waals surface area contributed by atoms with Crippen molar-refractivity contribution in [1.29, 1.82) is 0 Å². The first-order valence-electron chi connectivity index (χ1n) is 5.27. The standard InChI is InChI=1S/C13H14BrNO/c14-12-6-7-16-13(12)9-11(15)8-10-4-2-1-3-5-10/h1-7,11H,8-9,15H2. The maximum absolute atomic E-state index is 6.08. The molecule has 1 unspecified atom stereocenters. The summed E-state index contributed by atoms with van der Waals surface area (Å²) < 4.78 is 6.34. The predicted octanol–water partition coefficient (Wildman–Crippen LogP) is 3.15. The van der Waals surface area contributed by atoms with Gasteiger partial charge < -0.3 is 10.2 Å². The van der Waals surface area contributed by atoms with Gasteiger partial charge in [-0.05, 0) is 34.0 Å². The molecule has 2 nitrogen and oxygen atoms in total. The van der Waals surface area contributed by atoms with E-state index in [-0.39, 0.29) is 6.04 Å². The van der Waals surface area contributed by atoms with Gasteiger partial charge in [0, 0.05) is 12.5 Å². The molecule has 16 heavy (non-hydrogen) atoms. The minimum Gasteiger partial charge on any atom is -0.468 e. The quantitative estimate of drug-likeness (QED) is 0.934. The van der Waals surface area contributed by atoms with Gasteiger partial charge in [-0.1, -0.05) is 30.3 Å². The lowest BCUT2D eigenvalue weighted by Crippen LogP contribution is -2.25. The lowest BCUT2D eigenvalue weighted by Gasteiger charge is -2.10. The lowest BCUT2D eigenvalue weighted by atomic mass is 10.0. The fraction of sp³-hybridized carbons (Fsp3) is 0.231. The third-order valence-electron chi connectivity index (χ3n) is 2.48. The Morgan fingerprint density at radius 1 is 1.12 bits per heavy atom. The molecule has 3 heteroatoms. The van der Waals surface area contributed by atoms with E-state index >= 15 is 0 Å². The van der Waals surface area contributed by atoms with E-state index in [1.54, 1.807) is 6.26 Å². The van der Waals surface area contributed by atoms with Crippen molar-refractivity contribution >= 4 is 15.9 Å². The summed E-state index contributed by atoms with van der Waals surface area (Å²) in [6.07, 6.45) is 3.30. The molecule has 0 saturated heterocycles. The van der Waals surface area contributed by atoms with Crippen LogP contribution in [0.25, 0.3) is 0 Å². The van der Waals surface area contributed by atoms with Crippen molar-refractivity contribution in [3.63, 3.8) is 0 Å². The molecule has 0 radical (unpaired) electrons. The van der Waals surface area contributed by atoms with Crippen LogP contribution in [-0.2, 0) is 12.8 Å². The fourth-order valence-electron chi connectivity index (χ4n) is 1.70. The van der Waals surface area contributed by atoms with Crippen molar-refractivity contribution in [2.75, 3.05) is 0 Å². The molecule has 2 rings (SSSR count). The zero-order valence-corrected chi connectivity index (χ0v) is 10.5. The molecular formula is C13H14BrNO. The monoisotopic (exact) mass is 279 g/mol. The summed E-state index contributed by atoms with van der Waals surface area (Å²) in [5.41, 5.74) is 7.35. The van der Waals surface area contributed by atoms with Gasteiger partial charge in [0.05, 0.1) is 10.7 Å². The zero-order chi connectivity index (χ0) is 11.4. The summed E-state index contributed by atoms with van der Waals surface area (Å²) in [4.78, 5) is 0. The molecule has 1 aromatic heterocycles. The van der Waals surface area contributed by atoms with Crippen LogP contribution in [0.3, 0.4) is 0 Å². The van der Waals surface area contributed by atoms with E-state index in [0.29, 0.717) is 0 Å². The average Bonchev–Trinajstić information content (AvgIpc) is 2.66. The first-order chi connectivity index (χ1) is 7.75. The third-order valence-corrected chi connectivity index (χ3v) is 3.19. The highest BCUT2D eigenvalue weighted by Crippen LogP contribution is 2.19. The van der Waals surface area contributed by atoms with Crippen LogP contribution in [0.15, 0.2) is 51.6 Å². The SMILES string of the molecule is NC(Cc1ccccc1)Cc1occc1Br. The lowest BCUT2D eigenvalue weighted by molar-refractivity contribution is 0.480. The van der Waals surface area contributed by atoms with Gasteiger partial charge in [0.25, 0.3) is 0 Å². The highest BCUT2D eigenvalue weighted by molar-refractivity contribution is 9.10. The van der Waals surface area contributed by atoms with Gasteiger partial charge in [0.15, 0.2) is 0 Å². The van der Waals surface area contributed by atoms with Crippen molar-refractivity contribution in [3.05, 3.63) is 58.5 Å². The molecular weight excluding hydrogens is 266 g/mol. The molecule has 0 amide bonds. The molecule has 2 aromatic rings. The Kier molecular flexibility index (Phi) is 3.80. The topological polar surface area (TPSA) is 39.2 Å². The number of furan rings is 1. The number of rotatable bonds is 4. The number of nitrogens with two attached hydrogens (primary N) is 1. The van der Waals surface area contributed by atoms with Crippen molar-refractivity contribution in [2.24, 2.45) is 5.73 Å². The highest BCUT2D eigenvalue weighted by Gasteiger charge is 2.10. The second-order valence-corrected chi connectivity index (χ2v) is 4.70. The third kappa shape index (κ3) is 2.97. The molecule has 2 N–H and O–H groups in total. The Labute approximate surface area is 104 Å². The van der Waals surface area contributed by atoms with Crippen LogP contribution < -0.4 is 5.73 Å². The van der Waals surface area contributed by atoms with Crippen LogP contribution in [0.2, 0.25) is 0 Å². The second kappa shape index (κ2) is 5.32. The van der Waals surface area contributed by atoms with Gasteiger partial charge in [0.2, 0.25) is 0 Å². The van der Waals surface area contributed by atoms with E-state index in [4.69, 9.17) is 10.2 Å². The molecule has 0 saturated carbocycles. The first kappa shape index (κ1) is 11.4. The maximum atomic E-state index is 6.08. The molecule has 0 spiro atoms. The number of hydrogen-bond acceptors (Lipinski definition) is 2. The number of benzene rings is 1. The average molecular weight is 280 g/mol. The van der Waals surface area contributed by atoms with Crippen LogP contribution >= 0.6 is 15.9 Å². The summed E-state index contributed by atoms with van der Waals surface area (Å²) in [7, 11) is 0. The number of halogens is 1. The van der Waals surface area contributed by atoms with Crippen molar-refractivity contribution in [3.8, 4) is 0 Å². The molecule has 0 aliphatic rings. The van der Waals surface area contributed by atoms with Crippen molar-refractivity contribution < 1.29 is 4.42 Å². The van der Waals surface area contributed by atoms with Crippen molar-refractivity contribution in [2.45, 2.75) is 18.9 Å². The Bertz CT molecular complexity index is 438. The van der Waals surface area contributed by atoms with Gasteiger partial charge in [-0.2, -0.15) is 0 Å². The molecule has 0 fully saturated rings.